The number of nitrogens with one attached hydrogen (secondary N) is 1. The van der Waals surface area contributed by atoms with Crippen LogP contribution in [0.5, 0.6) is 0 Å². The van der Waals surface area contributed by atoms with Gasteiger partial charge in [-0.3, -0.25) is 4.79 Å². The first kappa shape index (κ1) is 13.9. The lowest BCUT2D eigenvalue weighted by molar-refractivity contribution is 0.0945. The van der Waals surface area contributed by atoms with Crippen LogP contribution in [0.25, 0.3) is 0 Å². The number of benzene rings is 1. The lowest BCUT2D eigenvalue weighted by Gasteiger charge is -2.06. The maximum Gasteiger partial charge on any atom is 0.273 e. The third kappa shape index (κ3) is 3.06. The van der Waals surface area contributed by atoms with Gasteiger partial charge in [0.25, 0.3) is 5.91 Å². The van der Waals surface area contributed by atoms with Crippen LogP contribution in [0.15, 0.2) is 28.7 Å². The standard InChI is InChI=1S/C11H10FN5O2S/c12-8-3-6(10(13)16-19)1-2-7(8)4-14-11(18)9-5-20-17-15-9/h1-3,5,19H,4H2,(H2,13,16)(H,14,18). The summed E-state index contributed by atoms with van der Waals surface area (Å²) >= 11 is 1.05. The lowest BCUT2D eigenvalue weighted by Crippen LogP contribution is -2.24. The molecule has 0 atom stereocenters. The van der Waals surface area contributed by atoms with E-state index in [1.807, 2.05) is 0 Å². The van der Waals surface area contributed by atoms with Crippen LogP contribution in [0.4, 0.5) is 4.39 Å². The second-order valence-corrected chi connectivity index (χ2v) is 4.37. The van der Waals surface area contributed by atoms with Crippen molar-refractivity contribution in [2.45, 2.75) is 6.54 Å². The molecule has 0 fully saturated rings. The molecule has 20 heavy (non-hydrogen) atoms. The van der Waals surface area contributed by atoms with Gasteiger partial charge in [0.2, 0.25) is 0 Å². The first-order chi connectivity index (χ1) is 9.61. The van der Waals surface area contributed by atoms with Gasteiger partial charge in [0.1, 0.15) is 5.82 Å². The first-order valence-electron chi connectivity index (χ1n) is 5.43. The molecule has 104 valence electrons. The molecular weight excluding hydrogens is 285 g/mol. The number of carbonyl (C=O) groups is 1. The average Bonchev–Trinajstić information content (AvgIpc) is 2.99. The molecule has 0 spiro atoms. The van der Waals surface area contributed by atoms with Gasteiger partial charge >= 0.3 is 0 Å². The summed E-state index contributed by atoms with van der Waals surface area (Å²) in [4.78, 5) is 11.6. The van der Waals surface area contributed by atoms with Crippen molar-refractivity contribution in [2.75, 3.05) is 0 Å². The Morgan fingerprint density at radius 2 is 2.35 bits per heavy atom. The van der Waals surface area contributed by atoms with E-state index in [9.17, 15) is 9.18 Å². The van der Waals surface area contributed by atoms with E-state index in [1.54, 1.807) is 0 Å². The maximum atomic E-state index is 13.8. The van der Waals surface area contributed by atoms with E-state index in [1.165, 1.54) is 17.5 Å². The van der Waals surface area contributed by atoms with Gasteiger partial charge in [0.05, 0.1) is 0 Å². The molecule has 0 aliphatic carbocycles. The molecule has 0 aliphatic rings. The van der Waals surface area contributed by atoms with Crippen LogP contribution in [0.1, 0.15) is 21.6 Å². The molecular formula is C11H10FN5O2S. The molecule has 2 rings (SSSR count). The highest BCUT2D eigenvalue weighted by Crippen LogP contribution is 2.10. The number of hydrogen-bond acceptors (Lipinski definition) is 6. The largest absolute Gasteiger partial charge is 0.409 e. The third-order valence-electron chi connectivity index (χ3n) is 2.49. The Morgan fingerprint density at radius 1 is 1.55 bits per heavy atom. The number of aromatic nitrogens is 2. The third-order valence-corrected chi connectivity index (χ3v) is 2.99. The molecule has 0 aliphatic heterocycles. The predicted molar refractivity (Wildman–Crippen MR) is 70.0 cm³/mol. The SMILES string of the molecule is NC(=NO)c1ccc(CNC(=O)c2csnn2)c(F)c1. The van der Waals surface area contributed by atoms with Crippen molar-refractivity contribution in [1.29, 1.82) is 0 Å². The number of nitrogens with zero attached hydrogens (tertiary/aromatic N) is 3. The van der Waals surface area contributed by atoms with Crippen molar-refractivity contribution in [3.05, 3.63) is 46.2 Å². The minimum atomic E-state index is -0.564. The fourth-order valence-electron chi connectivity index (χ4n) is 1.44. The van der Waals surface area contributed by atoms with Gasteiger partial charge in [-0.15, -0.1) is 5.10 Å². The fourth-order valence-corrected chi connectivity index (χ4v) is 1.87. The van der Waals surface area contributed by atoms with Crippen molar-refractivity contribution in [3.8, 4) is 0 Å². The summed E-state index contributed by atoms with van der Waals surface area (Å²) in [5.74, 6) is -1.18. The normalized spacial score (nSPS) is 11.3. The minimum absolute atomic E-state index is 0.00134. The zero-order valence-electron chi connectivity index (χ0n) is 10.1. The highest BCUT2D eigenvalue weighted by molar-refractivity contribution is 7.03. The van der Waals surface area contributed by atoms with E-state index >= 15 is 0 Å². The summed E-state index contributed by atoms with van der Waals surface area (Å²) in [5.41, 5.74) is 6.06. The van der Waals surface area contributed by atoms with Crippen molar-refractivity contribution in [2.24, 2.45) is 10.9 Å². The lowest BCUT2D eigenvalue weighted by atomic mass is 10.1. The summed E-state index contributed by atoms with van der Waals surface area (Å²) in [6.07, 6.45) is 0. The summed E-state index contributed by atoms with van der Waals surface area (Å²) in [6.45, 7) is -0.00134. The van der Waals surface area contributed by atoms with E-state index in [0.717, 1.165) is 17.6 Å². The van der Waals surface area contributed by atoms with Gasteiger partial charge in [-0.25, -0.2) is 4.39 Å². The zero-order chi connectivity index (χ0) is 14.5. The quantitative estimate of drug-likeness (QED) is 0.332. The van der Waals surface area contributed by atoms with Crippen LogP contribution in [-0.4, -0.2) is 26.5 Å². The minimum Gasteiger partial charge on any atom is -0.409 e. The Balaban J connectivity index is 2.05. The van der Waals surface area contributed by atoms with Crippen LogP contribution in [0, 0.1) is 5.82 Å². The molecule has 0 bridgehead atoms. The topological polar surface area (TPSA) is 113 Å². The Morgan fingerprint density at radius 3 is 2.95 bits per heavy atom. The summed E-state index contributed by atoms with van der Waals surface area (Å²) in [7, 11) is 0. The van der Waals surface area contributed by atoms with Gasteiger partial charge < -0.3 is 16.3 Å². The monoisotopic (exact) mass is 295 g/mol. The molecule has 0 radical (unpaired) electrons. The molecule has 1 aromatic heterocycles. The van der Waals surface area contributed by atoms with Crippen LogP contribution < -0.4 is 11.1 Å². The predicted octanol–water partition coefficient (Wildman–Crippen LogP) is 0.702. The molecule has 4 N–H and O–H groups in total. The van der Waals surface area contributed by atoms with Crippen LogP contribution in [0.3, 0.4) is 0 Å². The number of nitrogens with two attached hydrogens (primary N) is 1. The Kier molecular flexibility index (Phi) is 4.20. The summed E-state index contributed by atoms with van der Waals surface area (Å²) < 4.78 is 17.3. The van der Waals surface area contributed by atoms with E-state index in [4.69, 9.17) is 10.9 Å². The van der Waals surface area contributed by atoms with Crippen LogP contribution in [0.2, 0.25) is 0 Å². The number of amides is 1. The molecule has 2 aromatic rings. The molecule has 0 saturated carbocycles. The zero-order valence-corrected chi connectivity index (χ0v) is 10.9. The molecule has 0 saturated heterocycles. The Labute approximate surface area is 117 Å². The Hall–Kier alpha value is -2.55. The summed E-state index contributed by atoms with van der Waals surface area (Å²) in [5, 5.41) is 18.9. The van der Waals surface area contributed by atoms with Crippen LogP contribution in [-0.2, 0) is 6.54 Å². The molecule has 1 aromatic carbocycles. The number of rotatable bonds is 4. The van der Waals surface area contributed by atoms with E-state index in [0.29, 0.717) is 0 Å². The smallest absolute Gasteiger partial charge is 0.273 e. The Bertz CT molecular complexity index is 644. The molecule has 1 amide bonds. The second kappa shape index (κ2) is 6.06. The first-order valence-corrected chi connectivity index (χ1v) is 6.27. The number of amidine groups is 1. The van der Waals surface area contributed by atoms with Crippen molar-refractivity contribution in [1.82, 2.24) is 14.9 Å². The fraction of sp³-hybridized carbons (Fsp3) is 0.0909. The van der Waals surface area contributed by atoms with Gasteiger partial charge in [-0.2, -0.15) is 0 Å². The van der Waals surface area contributed by atoms with Crippen LogP contribution >= 0.6 is 11.5 Å². The van der Waals surface area contributed by atoms with Gasteiger partial charge in [0.15, 0.2) is 11.5 Å². The average molecular weight is 295 g/mol. The highest BCUT2D eigenvalue weighted by atomic mass is 32.1. The van der Waals surface area contributed by atoms with E-state index in [2.05, 4.69) is 20.1 Å². The number of oxime groups is 1. The van der Waals surface area contributed by atoms with E-state index in [-0.39, 0.29) is 29.2 Å². The van der Waals surface area contributed by atoms with Crippen molar-refractivity contribution >= 4 is 23.3 Å². The van der Waals surface area contributed by atoms with Gasteiger partial charge in [0, 0.05) is 23.1 Å². The molecule has 9 heteroatoms. The summed E-state index contributed by atoms with van der Waals surface area (Å²) in [6, 6.07) is 4.06. The van der Waals surface area contributed by atoms with Gasteiger partial charge in [-0.1, -0.05) is 21.8 Å². The van der Waals surface area contributed by atoms with Crippen molar-refractivity contribution in [3.63, 3.8) is 0 Å². The molecule has 1 heterocycles. The number of halogens is 1. The second-order valence-electron chi connectivity index (χ2n) is 3.76. The van der Waals surface area contributed by atoms with E-state index < -0.39 is 11.7 Å². The molecule has 7 nitrogen and oxygen atoms in total. The highest BCUT2D eigenvalue weighted by Gasteiger charge is 2.11. The van der Waals surface area contributed by atoms with Crippen molar-refractivity contribution < 1.29 is 14.4 Å². The van der Waals surface area contributed by atoms with Gasteiger partial charge in [-0.05, 0) is 17.6 Å². The number of hydrogen-bond donors (Lipinski definition) is 3. The number of carbonyl (C=O) groups excluding carboxylic acids is 1. The maximum absolute atomic E-state index is 13.8. The molecule has 0 unspecified atom stereocenters.